The molecular weight excluding hydrogens is 432 g/mol. The summed E-state index contributed by atoms with van der Waals surface area (Å²) in [5, 5.41) is 6.79. The zero-order valence-corrected chi connectivity index (χ0v) is 21.1. The Labute approximate surface area is 208 Å². The highest BCUT2D eigenvalue weighted by Crippen LogP contribution is 2.39. The van der Waals surface area contributed by atoms with Gasteiger partial charge in [0.2, 0.25) is 0 Å². The van der Waals surface area contributed by atoms with Crippen LogP contribution in [0.4, 0.5) is 11.4 Å². The summed E-state index contributed by atoms with van der Waals surface area (Å²) in [6.45, 7) is 14.6. The lowest BCUT2D eigenvalue weighted by Crippen LogP contribution is -2.36. The normalized spacial score (nSPS) is 17.7. The van der Waals surface area contributed by atoms with Gasteiger partial charge in [-0.15, -0.1) is 0 Å². The monoisotopic (exact) mass is 466 g/mol. The summed E-state index contributed by atoms with van der Waals surface area (Å²) in [4.78, 5) is 2.37. The van der Waals surface area contributed by atoms with Crippen molar-refractivity contribution in [3.8, 4) is 5.69 Å². The molecular formula is C30H34N4O. The third-order valence-corrected chi connectivity index (χ3v) is 7.87. The Balaban J connectivity index is 1.32. The van der Waals surface area contributed by atoms with Crippen molar-refractivity contribution >= 4 is 23.3 Å². The fraction of sp³-hybridized carbons (Fsp3) is 0.367. The van der Waals surface area contributed by atoms with Gasteiger partial charge in [-0.2, -0.15) is 5.10 Å². The van der Waals surface area contributed by atoms with Gasteiger partial charge in [0.1, 0.15) is 0 Å². The van der Waals surface area contributed by atoms with Gasteiger partial charge < -0.3 is 14.2 Å². The Morgan fingerprint density at radius 3 is 2.37 bits per heavy atom. The van der Waals surface area contributed by atoms with E-state index in [4.69, 9.17) is 9.84 Å². The average molecular weight is 467 g/mol. The lowest BCUT2D eigenvalue weighted by molar-refractivity contribution is 0.122. The van der Waals surface area contributed by atoms with Gasteiger partial charge in [-0.05, 0) is 87.4 Å². The lowest BCUT2D eigenvalue weighted by Gasteiger charge is -2.30. The molecule has 0 amide bonds. The predicted octanol–water partition coefficient (Wildman–Crippen LogP) is 6.02. The van der Waals surface area contributed by atoms with Crippen LogP contribution in [0.5, 0.6) is 0 Å². The molecule has 0 bridgehead atoms. The molecule has 5 heteroatoms. The van der Waals surface area contributed by atoms with Crippen LogP contribution in [0.3, 0.4) is 0 Å². The number of hydrogen-bond acceptors (Lipinski definition) is 4. The van der Waals surface area contributed by atoms with Gasteiger partial charge in [0.15, 0.2) is 0 Å². The molecule has 0 N–H and O–H groups in total. The van der Waals surface area contributed by atoms with E-state index in [1.54, 1.807) is 0 Å². The van der Waals surface area contributed by atoms with Crippen molar-refractivity contribution in [1.82, 2.24) is 4.57 Å². The number of hydrazone groups is 1. The number of nitrogens with zero attached hydrogens (tertiary/aromatic N) is 4. The number of ether oxygens (including phenoxy) is 1. The predicted molar refractivity (Wildman–Crippen MR) is 145 cm³/mol. The van der Waals surface area contributed by atoms with E-state index in [-0.39, 0.29) is 0 Å². The number of anilines is 2. The minimum absolute atomic E-state index is 0.788. The van der Waals surface area contributed by atoms with Crippen LogP contribution in [0.25, 0.3) is 11.4 Å². The second-order valence-corrected chi connectivity index (χ2v) is 10.1. The first kappa shape index (κ1) is 22.2. The van der Waals surface area contributed by atoms with Crippen LogP contribution in [0, 0.1) is 26.7 Å². The molecule has 35 heavy (non-hydrogen) atoms. The van der Waals surface area contributed by atoms with Gasteiger partial charge >= 0.3 is 0 Å². The summed E-state index contributed by atoms with van der Waals surface area (Å²) in [5.74, 6) is 0.874. The van der Waals surface area contributed by atoms with Crippen molar-refractivity contribution in [2.45, 2.75) is 40.0 Å². The highest BCUT2D eigenvalue weighted by molar-refractivity contribution is 5.98. The summed E-state index contributed by atoms with van der Waals surface area (Å²) in [5.41, 5.74) is 12.1. The van der Waals surface area contributed by atoms with E-state index >= 15 is 0 Å². The van der Waals surface area contributed by atoms with Gasteiger partial charge in [-0.3, -0.25) is 0 Å². The molecule has 1 saturated carbocycles. The van der Waals surface area contributed by atoms with Crippen molar-refractivity contribution in [2.75, 3.05) is 36.2 Å². The zero-order valence-electron chi connectivity index (χ0n) is 21.1. The highest BCUT2D eigenvalue weighted by atomic mass is 16.5. The molecule has 3 aromatic rings. The summed E-state index contributed by atoms with van der Waals surface area (Å²) in [6, 6.07) is 15.4. The second-order valence-electron chi connectivity index (χ2n) is 10.1. The van der Waals surface area contributed by atoms with Crippen LogP contribution in [0.1, 0.15) is 46.5 Å². The van der Waals surface area contributed by atoms with Crippen LogP contribution in [-0.2, 0) is 11.2 Å². The van der Waals surface area contributed by atoms with E-state index in [2.05, 4.69) is 79.3 Å². The molecule has 1 saturated heterocycles. The number of fused-ring (bicyclic) bond motifs is 1. The number of benzene rings is 2. The topological polar surface area (TPSA) is 33.0 Å². The Bertz CT molecular complexity index is 1310. The van der Waals surface area contributed by atoms with Crippen molar-refractivity contribution in [3.63, 3.8) is 0 Å². The quantitative estimate of drug-likeness (QED) is 0.461. The number of morpholine rings is 1. The first-order valence-electron chi connectivity index (χ1n) is 12.8. The number of rotatable bonds is 5. The Kier molecular flexibility index (Phi) is 5.53. The highest BCUT2D eigenvalue weighted by Gasteiger charge is 2.28. The summed E-state index contributed by atoms with van der Waals surface area (Å²) < 4.78 is 7.89. The average Bonchev–Trinajstić information content (AvgIpc) is 3.66. The van der Waals surface area contributed by atoms with Gasteiger partial charge in [0.25, 0.3) is 0 Å². The van der Waals surface area contributed by atoms with E-state index in [9.17, 15) is 0 Å². The molecule has 2 aliphatic heterocycles. The maximum absolute atomic E-state index is 5.49. The fourth-order valence-corrected chi connectivity index (χ4v) is 5.65. The maximum atomic E-state index is 5.49. The molecule has 3 aliphatic rings. The van der Waals surface area contributed by atoms with Crippen LogP contribution in [0.2, 0.25) is 0 Å². The van der Waals surface area contributed by atoms with Crippen LogP contribution in [0.15, 0.2) is 54.1 Å². The largest absolute Gasteiger partial charge is 0.378 e. The molecule has 1 aliphatic carbocycles. The summed E-state index contributed by atoms with van der Waals surface area (Å²) in [7, 11) is 0. The Morgan fingerprint density at radius 1 is 0.943 bits per heavy atom. The second kappa shape index (κ2) is 8.72. The molecule has 0 unspecified atom stereocenters. The maximum Gasteiger partial charge on any atom is 0.0678 e. The smallest absolute Gasteiger partial charge is 0.0678 e. The summed E-state index contributed by atoms with van der Waals surface area (Å²) in [6.07, 6.45) is 5.95. The molecule has 1 aromatic heterocycles. The molecule has 180 valence electrons. The molecule has 0 radical (unpaired) electrons. The van der Waals surface area contributed by atoms with E-state index in [1.807, 2.05) is 11.2 Å². The van der Waals surface area contributed by atoms with Gasteiger partial charge in [-0.1, -0.05) is 18.7 Å². The standard InChI is InChI=1S/C30H34N4O/c1-20-25(18-24-8-9-24)6-5-7-29(20)33-21(2)28-19-31-34(23(4)30(28)22(33)3)27-12-10-26(11-13-27)32-14-16-35-17-15-32/h5-7,10-13,19,24H,4,8-9,14-18H2,1-3H3. The van der Waals surface area contributed by atoms with Crippen molar-refractivity contribution in [2.24, 2.45) is 11.0 Å². The molecule has 3 heterocycles. The molecule has 2 aromatic carbocycles. The fourth-order valence-electron chi connectivity index (χ4n) is 5.65. The molecule has 0 spiro atoms. The van der Waals surface area contributed by atoms with Crippen LogP contribution >= 0.6 is 0 Å². The molecule has 5 nitrogen and oxygen atoms in total. The van der Waals surface area contributed by atoms with E-state index in [0.29, 0.717) is 0 Å². The minimum Gasteiger partial charge on any atom is -0.378 e. The molecule has 6 rings (SSSR count). The Hall–Kier alpha value is -3.31. The number of aromatic nitrogens is 1. The van der Waals surface area contributed by atoms with E-state index < -0.39 is 0 Å². The summed E-state index contributed by atoms with van der Waals surface area (Å²) >= 11 is 0. The number of hydrogen-bond donors (Lipinski definition) is 0. The molecule has 2 fully saturated rings. The van der Waals surface area contributed by atoms with Crippen molar-refractivity contribution in [3.05, 3.63) is 82.7 Å². The van der Waals surface area contributed by atoms with E-state index in [1.165, 1.54) is 64.3 Å². The van der Waals surface area contributed by atoms with Crippen molar-refractivity contribution in [1.29, 1.82) is 0 Å². The van der Waals surface area contributed by atoms with Crippen LogP contribution < -0.4 is 9.91 Å². The first-order valence-corrected chi connectivity index (χ1v) is 12.8. The van der Waals surface area contributed by atoms with Gasteiger partial charge in [0, 0.05) is 47.0 Å². The van der Waals surface area contributed by atoms with Crippen LogP contribution in [-0.4, -0.2) is 37.1 Å². The molecule has 0 atom stereocenters. The van der Waals surface area contributed by atoms with Crippen molar-refractivity contribution < 1.29 is 4.74 Å². The Morgan fingerprint density at radius 2 is 1.66 bits per heavy atom. The van der Waals surface area contributed by atoms with Gasteiger partial charge in [-0.25, -0.2) is 5.01 Å². The third kappa shape index (κ3) is 3.88. The van der Waals surface area contributed by atoms with Gasteiger partial charge in [0.05, 0.1) is 30.8 Å². The first-order chi connectivity index (χ1) is 17.0. The third-order valence-electron chi connectivity index (χ3n) is 7.87. The van der Waals surface area contributed by atoms with E-state index in [0.717, 1.165) is 43.6 Å². The lowest BCUT2D eigenvalue weighted by atomic mass is 10.0. The minimum atomic E-state index is 0.788. The zero-order chi connectivity index (χ0) is 24.1. The SMILES string of the molecule is C=C1c2c(c(C)n(-c3cccc(CC4CC4)c3C)c2C)C=NN1c1ccc(N2CCOCC2)cc1.